The predicted octanol–water partition coefficient (Wildman–Crippen LogP) is -1.07. The number of amides is 2. The molecular weight excluding hydrogens is 202 g/mol. The van der Waals surface area contributed by atoms with E-state index in [1.54, 1.807) is 11.8 Å². The van der Waals surface area contributed by atoms with Crippen LogP contribution < -0.4 is 16.4 Å². The highest BCUT2D eigenvalue weighted by molar-refractivity contribution is 7.99. The quantitative estimate of drug-likeness (QED) is 0.531. The molecule has 0 radical (unpaired) electrons. The second-order valence-electron chi connectivity index (χ2n) is 2.83. The number of carbonyl (C=O) groups excluding carboxylic acids is 2. The van der Waals surface area contributed by atoms with E-state index in [0.29, 0.717) is 11.8 Å². The van der Waals surface area contributed by atoms with E-state index in [1.807, 2.05) is 13.2 Å². The van der Waals surface area contributed by atoms with Crippen molar-refractivity contribution in [2.75, 3.05) is 25.9 Å². The van der Waals surface area contributed by atoms with Gasteiger partial charge in [0, 0.05) is 11.8 Å². The number of hydrogen-bond donors (Lipinski definition) is 3. The first kappa shape index (κ1) is 13.2. The van der Waals surface area contributed by atoms with Crippen molar-refractivity contribution < 1.29 is 9.59 Å². The molecule has 4 N–H and O–H groups in total. The van der Waals surface area contributed by atoms with Crippen molar-refractivity contribution in [2.45, 2.75) is 12.2 Å². The molecule has 0 saturated carbocycles. The summed E-state index contributed by atoms with van der Waals surface area (Å²) in [6, 6.07) is 0. The summed E-state index contributed by atoms with van der Waals surface area (Å²) in [5.41, 5.74) is 5.05. The first-order valence-corrected chi connectivity index (χ1v) is 5.65. The third-order valence-corrected chi connectivity index (χ3v) is 2.59. The first-order valence-electron chi connectivity index (χ1n) is 4.36. The lowest BCUT2D eigenvalue weighted by molar-refractivity contribution is -0.125. The molecule has 1 unspecified atom stereocenters. The molecule has 0 fully saturated rings. The van der Waals surface area contributed by atoms with Crippen LogP contribution in [0, 0.1) is 0 Å². The molecule has 82 valence electrons. The molecule has 6 heteroatoms. The van der Waals surface area contributed by atoms with Crippen LogP contribution >= 0.6 is 11.8 Å². The van der Waals surface area contributed by atoms with Crippen molar-refractivity contribution in [3.05, 3.63) is 0 Å². The van der Waals surface area contributed by atoms with Crippen LogP contribution in [-0.2, 0) is 9.59 Å². The summed E-state index contributed by atoms with van der Waals surface area (Å²) in [6.45, 7) is 2.54. The van der Waals surface area contributed by atoms with Crippen molar-refractivity contribution in [1.29, 1.82) is 0 Å². The van der Waals surface area contributed by atoms with E-state index in [9.17, 15) is 9.59 Å². The van der Waals surface area contributed by atoms with Gasteiger partial charge < -0.3 is 16.4 Å². The maximum Gasteiger partial charge on any atom is 0.239 e. The minimum atomic E-state index is -0.321. The van der Waals surface area contributed by atoms with Gasteiger partial charge in [-0.15, -0.1) is 0 Å². The summed E-state index contributed by atoms with van der Waals surface area (Å²) in [5, 5.41) is 5.47. The summed E-state index contributed by atoms with van der Waals surface area (Å²) in [6.07, 6.45) is 1.98. The van der Waals surface area contributed by atoms with Crippen molar-refractivity contribution in [3.8, 4) is 0 Å². The Bertz CT molecular complexity index is 199. The van der Waals surface area contributed by atoms with E-state index >= 15 is 0 Å². The Morgan fingerprint density at radius 3 is 2.50 bits per heavy atom. The fourth-order valence-electron chi connectivity index (χ4n) is 0.654. The van der Waals surface area contributed by atoms with E-state index < -0.39 is 0 Å². The summed E-state index contributed by atoms with van der Waals surface area (Å²) < 4.78 is 0. The fraction of sp³-hybridized carbons (Fsp3) is 0.750. The fourth-order valence-corrected chi connectivity index (χ4v) is 0.904. The van der Waals surface area contributed by atoms with Gasteiger partial charge in [0.15, 0.2) is 0 Å². The van der Waals surface area contributed by atoms with Gasteiger partial charge in [0.25, 0.3) is 0 Å². The number of hydrogen-bond acceptors (Lipinski definition) is 4. The van der Waals surface area contributed by atoms with Gasteiger partial charge in [-0.2, -0.15) is 11.8 Å². The van der Waals surface area contributed by atoms with E-state index in [4.69, 9.17) is 5.73 Å². The van der Waals surface area contributed by atoms with Crippen LogP contribution in [0.2, 0.25) is 0 Å². The number of carbonyl (C=O) groups is 2. The number of rotatable bonds is 6. The zero-order valence-corrected chi connectivity index (χ0v) is 9.32. The van der Waals surface area contributed by atoms with Crippen molar-refractivity contribution in [3.63, 3.8) is 0 Å². The lowest BCUT2D eigenvalue weighted by atomic mass is 10.4. The first-order chi connectivity index (χ1) is 6.60. The summed E-state index contributed by atoms with van der Waals surface area (Å²) >= 11 is 1.67. The van der Waals surface area contributed by atoms with Gasteiger partial charge in [-0.05, 0) is 6.26 Å². The molecule has 0 aliphatic heterocycles. The zero-order valence-electron chi connectivity index (χ0n) is 8.50. The van der Waals surface area contributed by atoms with Crippen molar-refractivity contribution >= 4 is 23.6 Å². The van der Waals surface area contributed by atoms with Crippen LogP contribution in [0.25, 0.3) is 0 Å². The highest BCUT2D eigenvalue weighted by Gasteiger charge is 2.05. The second-order valence-corrected chi connectivity index (χ2v) is 4.11. The number of nitrogens with one attached hydrogen (secondary N) is 2. The number of nitrogens with two attached hydrogens (primary N) is 1. The molecule has 0 rings (SSSR count). The molecule has 0 spiro atoms. The molecular formula is C8H17N3O2S. The minimum Gasteiger partial charge on any atom is -0.353 e. The van der Waals surface area contributed by atoms with Crippen LogP contribution in [0.4, 0.5) is 0 Å². The van der Waals surface area contributed by atoms with Gasteiger partial charge in [0.2, 0.25) is 11.8 Å². The molecule has 0 bridgehead atoms. The van der Waals surface area contributed by atoms with E-state index in [2.05, 4.69) is 10.6 Å². The third kappa shape index (κ3) is 6.73. The SMILES string of the molecule is CSC(C)CNC(=O)CNC(=O)CN. The van der Waals surface area contributed by atoms with Crippen molar-refractivity contribution in [1.82, 2.24) is 10.6 Å². The smallest absolute Gasteiger partial charge is 0.239 e. The molecule has 0 heterocycles. The van der Waals surface area contributed by atoms with Crippen LogP contribution in [0.1, 0.15) is 6.92 Å². The molecule has 1 atom stereocenters. The van der Waals surface area contributed by atoms with Crippen LogP contribution in [0.3, 0.4) is 0 Å². The van der Waals surface area contributed by atoms with Gasteiger partial charge in [-0.3, -0.25) is 9.59 Å². The van der Waals surface area contributed by atoms with Crippen molar-refractivity contribution in [2.24, 2.45) is 5.73 Å². The maximum atomic E-state index is 11.1. The van der Waals surface area contributed by atoms with Gasteiger partial charge in [-0.1, -0.05) is 6.92 Å². The Morgan fingerprint density at radius 2 is 2.00 bits per heavy atom. The molecule has 0 saturated heterocycles. The molecule has 2 amide bonds. The molecule has 5 nitrogen and oxygen atoms in total. The van der Waals surface area contributed by atoms with Gasteiger partial charge in [0.1, 0.15) is 0 Å². The maximum absolute atomic E-state index is 11.1. The number of thioether (sulfide) groups is 1. The Morgan fingerprint density at radius 1 is 1.36 bits per heavy atom. The average molecular weight is 219 g/mol. The Hall–Kier alpha value is -0.750. The highest BCUT2D eigenvalue weighted by atomic mass is 32.2. The van der Waals surface area contributed by atoms with Crippen LogP contribution in [-0.4, -0.2) is 43.0 Å². The predicted molar refractivity (Wildman–Crippen MR) is 58.1 cm³/mol. The van der Waals surface area contributed by atoms with E-state index in [0.717, 1.165) is 0 Å². The Balaban J connectivity index is 3.51. The molecule has 0 aromatic rings. The minimum absolute atomic E-state index is 0.00284. The standard InChI is InChI=1S/C8H17N3O2S/c1-6(14-2)4-10-8(13)5-11-7(12)3-9/h6H,3-5,9H2,1-2H3,(H,10,13)(H,11,12). The Kier molecular flexibility index (Phi) is 7.23. The summed E-state index contributed by atoms with van der Waals surface area (Å²) in [5.74, 6) is -0.509. The molecule has 0 aliphatic carbocycles. The topological polar surface area (TPSA) is 84.2 Å². The lowest BCUT2D eigenvalue weighted by Crippen LogP contribution is -2.40. The third-order valence-electron chi connectivity index (χ3n) is 1.62. The molecule has 0 aliphatic rings. The lowest BCUT2D eigenvalue weighted by Gasteiger charge is -2.09. The highest BCUT2D eigenvalue weighted by Crippen LogP contribution is 2.01. The van der Waals surface area contributed by atoms with E-state index in [1.165, 1.54) is 0 Å². The summed E-state index contributed by atoms with van der Waals surface area (Å²) in [7, 11) is 0. The van der Waals surface area contributed by atoms with Gasteiger partial charge >= 0.3 is 0 Å². The van der Waals surface area contributed by atoms with Gasteiger partial charge in [0.05, 0.1) is 13.1 Å². The van der Waals surface area contributed by atoms with Crippen LogP contribution in [0.15, 0.2) is 0 Å². The summed E-state index contributed by atoms with van der Waals surface area (Å²) in [4.78, 5) is 21.8. The van der Waals surface area contributed by atoms with Crippen LogP contribution in [0.5, 0.6) is 0 Å². The molecule has 0 aromatic carbocycles. The second kappa shape index (κ2) is 7.64. The monoisotopic (exact) mass is 219 g/mol. The molecule has 0 aromatic heterocycles. The normalized spacial score (nSPS) is 11.9. The van der Waals surface area contributed by atoms with E-state index in [-0.39, 0.29) is 24.9 Å². The Labute approximate surface area is 88.2 Å². The average Bonchev–Trinajstić information content (AvgIpc) is 2.22. The van der Waals surface area contributed by atoms with Gasteiger partial charge in [-0.25, -0.2) is 0 Å². The molecule has 14 heavy (non-hydrogen) atoms. The largest absolute Gasteiger partial charge is 0.353 e. The zero-order chi connectivity index (χ0) is 11.0.